The van der Waals surface area contributed by atoms with Crippen LogP contribution in [0.1, 0.15) is 69.9 Å². The zero-order valence-electron chi connectivity index (χ0n) is 20.8. The maximum atomic E-state index is 13.6. The summed E-state index contributed by atoms with van der Waals surface area (Å²) in [5, 5.41) is 10.9. The van der Waals surface area contributed by atoms with Gasteiger partial charge in [0.1, 0.15) is 5.82 Å². The zero-order chi connectivity index (χ0) is 26.5. The van der Waals surface area contributed by atoms with Crippen molar-refractivity contribution >= 4 is 5.97 Å². The third kappa shape index (κ3) is 7.07. The van der Waals surface area contributed by atoms with Crippen LogP contribution in [0.25, 0.3) is 0 Å². The van der Waals surface area contributed by atoms with Crippen LogP contribution >= 0.6 is 0 Å². The van der Waals surface area contributed by atoms with Crippen LogP contribution in [0.3, 0.4) is 0 Å². The molecular weight excluding hydrogens is 474 g/mol. The Labute approximate surface area is 210 Å². The molecule has 8 heteroatoms. The van der Waals surface area contributed by atoms with E-state index in [4.69, 9.17) is 14.6 Å². The van der Waals surface area contributed by atoms with Gasteiger partial charge < -0.3 is 15.2 Å². The summed E-state index contributed by atoms with van der Waals surface area (Å²) in [5.41, 5.74) is 2.57. The second kappa shape index (κ2) is 11.3. The van der Waals surface area contributed by atoms with Crippen LogP contribution in [0.4, 0.5) is 17.6 Å². The maximum absolute atomic E-state index is 13.6. The van der Waals surface area contributed by atoms with Gasteiger partial charge in [-0.2, -0.15) is 13.2 Å². The Morgan fingerprint density at radius 2 is 1.58 bits per heavy atom. The quantitative estimate of drug-likeness (QED) is 0.424. The largest absolute Gasteiger partial charge is 0.490 e. The molecule has 198 valence electrons. The van der Waals surface area contributed by atoms with Gasteiger partial charge in [-0.25, -0.2) is 9.18 Å². The Hall–Kier alpha value is -2.45. The predicted octanol–water partition coefficient (Wildman–Crippen LogP) is 6.74. The molecule has 0 aromatic heterocycles. The van der Waals surface area contributed by atoms with Gasteiger partial charge in [-0.15, -0.1) is 0 Å². The summed E-state index contributed by atoms with van der Waals surface area (Å²) in [6, 6.07) is 17.9. The fourth-order valence-electron chi connectivity index (χ4n) is 5.54. The van der Waals surface area contributed by atoms with Crippen molar-refractivity contribution in [2.24, 2.45) is 0 Å². The number of ether oxygens (including phenoxy) is 1. The standard InChI is InChI=1S/C26H34FNO.C2HF3O2/c1-24(2,21-8-4-3-5-9-21)28-18-16-25(22-10-12-23(27)13-11-22)17-19-29-26(20-25)14-6-7-15-26;3-2(4,5)1(6)7/h3-5,8-13,28H,6-7,14-20H2,1-2H3;(H,6,7)/t25-;/m1./s1. The number of hydrogen-bond donors (Lipinski definition) is 2. The summed E-state index contributed by atoms with van der Waals surface area (Å²) in [7, 11) is 0. The molecule has 0 bridgehead atoms. The van der Waals surface area contributed by atoms with E-state index in [1.54, 1.807) is 12.1 Å². The Bertz CT molecular complexity index is 986. The second-order valence-electron chi connectivity index (χ2n) is 10.4. The van der Waals surface area contributed by atoms with Crippen molar-refractivity contribution in [3.8, 4) is 0 Å². The Morgan fingerprint density at radius 1 is 1.00 bits per heavy atom. The number of nitrogens with one attached hydrogen (secondary N) is 1. The molecule has 1 saturated carbocycles. The Kier molecular flexibility index (Phi) is 8.83. The van der Waals surface area contributed by atoms with Crippen molar-refractivity contribution in [2.45, 2.75) is 81.5 Å². The van der Waals surface area contributed by atoms with E-state index >= 15 is 0 Å². The molecule has 2 aliphatic rings. The number of alkyl halides is 3. The highest BCUT2D eigenvalue weighted by Crippen LogP contribution is 2.50. The second-order valence-corrected chi connectivity index (χ2v) is 10.4. The van der Waals surface area contributed by atoms with E-state index in [-0.39, 0.29) is 22.4 Å². The molecule has 0 radical (unpaired) electrons. The lowest BCUT2D eigenvalue weighted by molar-refractivity contribution is -0.192. The van der Waals surface area contributed by atoms with Gasteiger partial charge in [-0.3, -0.25) is 0 Å². The highest BCUT2D eigenvalue weighted by Gasteiger charge is 2.47. The van der Waals surface area contributed by atoms with Crippen molar-refractivity contribution in [2.75, 3.05) is 13.2 Å². The molecule has 1 aliphatic carbocycles. The Morgan fingerprint density at radius 3 is 2.14 bits per heavy atom. The van der Waals surface area contributed by atoms with E-state index in [2.05, 4.69) is 49.5 Å². The normalized spacial score (nSPS) is 21.6. The molecule has 1 aliphatic heterocycles. The average Bonchev–Trinajstić information content (AvgIpc) is 3.27. The molecule has 0 amide bonds. The number of carboxylic acid groups (broad SMARTS) is 1. The molecule has 1 atom stereocenters. The first kappa shape index (κ1) is 28.1. The smallest absolute Gasteiger partial charge is 0.475 e. The summed E-state index contributed by atoms with van der Waals surface area (Å²) in [4.78, 5) is 8.90. The molecule has 2 aromatic carbocycles. The number of benzene rings is 2. The number of carboxylic acids is 1. The van der Waals surface area contributed by atoms with E-state index in [1.165, 1.54) is 36.8 Å². The van der Waals surface area contributed by atoms with Gasteiger partial charge in [0.05, 0.1) is 5.60 Å². The van der Waals surface area contributed by atoms with E-state index in [0.29, 0.717) is 0 Å². The highest BCUT2D eigenvalue weighted by molar-refractivity contribution is 5.73. The van der Waals surface area contributed by atoms with E-state index in [9.17, 15) is 17.6 Å². The van der Waals surface area contributed by atoms with Crippen molar-refractivity contribution in [1.29, 1.82) is 0 Å². The average molecular weight is 510 g/mol. The minimum Gasteiger partial charge on any atom is -0.475 e. The van der Waals surface area contributed by atoms with Crippen molar-refractivity contribution in [1.82, 2.24) is 5.32 Å². The lowest BCUT2D eigenvalue weighted by atomic mass is 9.66. The summed E-state index contributed by atoms with van der Waals surface area (Å²) in [6.07, 6.45) is 2.88. The van der Waals surface area contributed by atoms with Crippen LogP contribution in [-0.4, -0.2) is 36.0 Å². The molecule has 2 fully saturated rings. The lowest BCUT2D eigenvalue weighted by Crippen LogP contribution is -2.48. The topological polar surface area (TPSA) is 58.6 Å². The van der Waals surface area contributed by atoms with Crippen LogP contribution < -0.4 is 5.32 Å². The molecule has 2 aromatic rings. The van der Waals surface area contributed by atoms with Crippen LogP contribution in [0.15, 0.2) is 54.6 Å². The maximum Gasteiger partial charge on any atom is 0.490 e. The molecule has 1 heterocycles. The zero-order valence-corrected chi connectivity index (χ0v) is 20.8. The molecule has 36 heavy (non-hydrogen) atoms. The number of rotatable bonds is 6. The van der Waals surface area contributed by atoms with Gasteiger partial charge >= 0.3 is 12.1 Å². The van der Waals surface area contributed by atoms with Gasteiger partial charge in [0.15, 0.2) is 0 Å². The number of halogens is 4. The number of aliphatic carboxylic acids is 1. The van der Waals surface area contributed by atoms with Gasteiger partial charge in [0, 0.05) is 17.6 Å². The highest BCUT2D eigenvalue weighted by atomic mass is 19.4. The van der Waals surface area contributed by atoms with Crippen LogP contribution in [-0.2, 0) is 20.5 Å². The predicted molar refractivity (Wildman–Crippen MR) is 130 cm³/mol. The number of hydrogen-bond acceptors (Lipinski definition) is 3. The van der Waals surface area contributed by atoms with Gasteiger partial charge in [0.2, 0.25) is 0 Å². The minimum atomic E-state index is -5.08. The Balaban J connectivity index is 0.000000454. The van der Waals surface area contributed by atoms with Crippen LogP contribution in [0, 0.1) is 5.82 Å². The summed E-state index contributed by atoms with van der Waals surface area (Å²) < 4.78 is 51.7. The van der Waals surface area contributed by atoms with Gasteiger partial charge in [-0.1, -0.05) is 55.3 Å². The van der Waals surface area contributed by atoms with E-state index in [1.807, 2.05) is 12.1 Å². The van der Waals surface area contributed by atoms with E-state index < -0.39 is 12.1 Å². The first-order valence-corrected chi connectivity index (χ1v) is 12.4. The number of carbonyl (C=O) groups is 1. The summed E-state index contributed by atoms with van der Waals surface area (Å²) in [5.74, 6) is -2.91. The van der Waals surface area contributed by atoms with Gasteiger partial charge in [-0.05, 0) is 75.8 Å². The fraction of sp³-hybridized carbons (Fsp3) is 0.536. The molecular formula is C28H35F4NO3. The molecule has 4 nitrogen and oxygen atoms in total. The molecule has 2 N–H and O–H groups in total. The first-order chi connectivity index (χ1) is 16.9. The summed E-state index contributed by atoms with van der Waals surface area (Å²) >= 11 is 0. The first-order valence-electron chi connectivity index (χ1n) is 12.4. The van der Waals surface area contributed by atoms with Crippen LogP contribution in [0.2, 0.25) is 0 Å². The van der Waals surface area contributed by atoms with Gasteiger partial charge in [0.25, 0.3) is 0 Å². The minimum absolute atomic E-state index is 0.0293. The van der Waals surface area contributed by atoms with Crippen molar-refractivity contribution in [3.05, 3.63) is 71.5 Å². The molecule has 4 rings (SSSR count). The van der Waals surface area contributed by atoms with Crippen LogP contribution in [0.5, 0.6) is 0 Å². The van der Waals surface area contributed by atoms with E-state index in [0.717, 1.165) is 32.4 Å². The third-order valence-corrected chi connectivity index (χ3v) is 7.53. The molecule has 1 saturated heterocycles. The SMILES string of the molecule is CC(C)(NCC[C@@]1(c2ccc(F)cc2)CCOC2(CCCC2)C1)c1ccccc1.O=C(O)C(F)(F)F. The molecule has 1 spiro atoms. The lowest BCUT2D eigenvalue weighted by Gasteiger charge is -2.47. The monoisotopic (exact) mass is 509 g/mol. The van der Waals surface area contributed by atoms with Crippen molar-refractivity contribution < 1.29 is 32.2 Å². The summed E-state index contributed by atoms with van der Waals surface area (Å²) in [6.45, 7) is 6.22. The third-order valence-electron chi connectivity index (χ3n) is 7.53. The fourth-order valence-corrected chi connectivity index (χ4v) is 5.54. The van der Waals surface area contributed by atoms with Crippen molar-refractivity contribution in [3.63, 3.8) is 0 Å². The molecule has 0 unspecified atom stereocenters.